The van der Waals surface area contributed by atoms with Gasteiger partial charge < -0.3 is 15.2 Å². The summed E-state index contributed by atoms with van der Waals surface area (Å²) in [6.07, 6.45) is 1.51. The van der Waals surface area contributed by atoms with Gasteiger partial charge in [-0.1, -0.05) is 6.08 Å². The number of aryl methyl sites for hydroxylation is 2. The van der Waals surface area contributed by atoms with Gasteiger partial charge in [-0.15, -0.1) is 17.9 Å². The first kappa shape index (κ1) is 15.3. The van der Waals surface area contributed by atoms with Crippen molar-refractivity contribution in [1.29, 1.82) is 0 Å². The number of hydrogen-bond acceptors (Lipinski definition) is 5. The molecular weight excluding hydrogens is 268 g/mol. The van der Waals surface area contributed by atoms with E-state index in [9.17, 15) is 9.59 Å². The van der Waals surface area contributed by atoms with Crippen LogP contribution in [-0.4, -0.2) is 41.2 Å². The summed E-state index contributed by atoms with van der Waals surface area (Å²) in [6, 6.07) is -1.09. The number of carboxylic acids is 1. The summed E-state index contributed by atoms with van der Waals surface area (Å²) in [4.78, 5) is 27.5. The molecule has 1 aromatic heterocycles. The number of thiazole rings is 1. The van der Waals surface area contributed by atoms with Crippen molar-refractivity contribution in [2.75, 3.05) is 13.2 Å². The second-order valence-electron chi connectivity index (χ2n) is 3.84. The first-order valence-electron chi connectivity index (χ1n) is 5.62. The Morgan fingerprint density at radius 3 is 2.74 bits per heavy atom. The van der Waals surface area contributed by atoms with E-state index < -0.39 is 17.9 Å². The Kier molecular flexibility index (Phi) is 5.65. The van der Waals surface area contributed by atoms with E-state index in [1.54, 1.807) is 13.8 Å². The molecule has 7 heteroatoms. The van der Waals surface area contributed by atoms with Crippen molar-refractivity contribution in [2.45, 2.75) is 19.9 Å². The van der Waals surface area contributed by atoms with Gasteiger partial charge in [-0.05, 0) is 13.8 Å². The third-order valence-corrected chi connectivity index (χ3v) is 3.31. The maximum Gasteiger partial charge on any atom is 0.328 e. The van der Waals surface area contributed by atoms with Crippen molar-refractivity contribution in [3.05, 3.63) is 28.2 Å². The second-order valence-corrected chi connectivity index (χ2v) is 5.04. The number of nitrogens with one attached hydrogen (secondary N) is 1. The van der Waals surface area contributed by atoms with Crippen LogP contribution in [0.4, 0.5) is 0 Å². The van der Waals surface area contributed by atoms with Gasteiger partial charge in [0.2, 0.25) is 0 Å². The zero-order valence-electron chi connectivity index (χ0n) is 10.8. The van der Waals surface area contributed by atoms with Gasteiger partial charge in [0.25, 0.3) is 5.91 Å². The first-order chi connectivity index (χ1) is 8.95. The molecule has 1 amide bonds. The third kappa shape index (κ3) is 4.46. The van der Waals surface area contributed by atoms with Crippen molar-refractivity contribution in [1.82, 2.24) is 10.3 Å². The Morgan fingerprint density at radius 1 is 1.58 bits per heavy atom. The Balaban J connectivity index is 2.68. The van der Waals surface area contributed by atoms with Crippen LogP contribution in [0.5, 0.6) is 0 Å². The lowest BCUT2D eigenvalue weighted by atomic mass is 10.3. The van der Waals surface area contributed by atoms with Crippen molar-refractivity contribution in [3.63, 3.8) is 0 Å². The number of carboxylic acid groups (broad SMARTS) is 1. The highest BCUT2D eigenvalue weighted by Gasteiger charge is 2.23. The smallest absolute Gasteiger partial charge is 0.328 e. The summed E-state index contributed by atoms with van der Waals surface area (Å²) in [5.41, 5.74) is 0.594. The molecule has 19 heavy (non-hydrogen) atoms. The largest absolute Gasteiger partial charge is 0.480 e. The lowest BCUT2D eigenvalue weighted by Crippen LogP contribution is -2.44. The summed E-state index contributed by atoms with van der Waals surface area (Å²) in [6.45, 7) is 7.08. The summed E-state index contributed by atoms with van der Waals surface area (Å²) in [7, 11) is 0. The first-order valence-corrected chi connectivity index (χ1v) is 6.43. The van der Waals surface area contributed by atoms with Crippen LogP contribution in [0, 0.1) is 13.8 Å². The molecule has 0 saturated carbocycles. The van der Waals surface area contributed by atoms with Gasteiger partial charge in [0.15, 0.2) is 6.04 Å². The Bertz CT molecular complexity index is 484. The lowest BCUT2D eigenvalue weighted by Gasteiger charge is -2.13. The maximum atomic E-state index is 11.9. The standard InChI is InChI=1S/C12H16N2O4S/c1-4-5-18-6-9(12(16)17)14-11(15)10-7(2)13-8(3)19-10/h4,9H,1,5-6H2,2-3H3,(H,14,15)(H,16,17). The number of nitrogens with zero attached hydrogens (tertiary/aromatic N) is 1. The molecule has 104 valence electrons. The van der Waals surface area contributed by atoms with Crippen molar-refractivity contribution >= 4 is 23.2 Å². The van der Waals surface area contributed by atoms with Crippen molar-refractivity contribution in [3.8, 4) is 0 Å². The highest BCUT2D eigenvalue weighted by atomic mass is 32.1. The van der Waals surface area contributed by atoms with Gasteiger partial charge in [-0.2, -0.15) is 0 Å². The molecule has 1 unspecified atom stereocenters. The number of hydrogen-bond donors (Lipinski definition) is 2. The fourth-order valence-electron chi connectivity index (χ4n) is 1.41. The minimum Gasteiger partial charge on any atom is -0.480 e. The third-order valence-electron chi connectivity index (χ3n) is 2.23. The Morgan fingerprint density at radius 2 is 2.26 bits per heavy atom. The quantitative estimate of drug-likeness (QED) is 0.579. The van der Waals surface area contributed by atoms with E-state index >= 15 is 0 Å². The van der Waals surface area contributed by atoms with E-state index in [1.807, 2.05) is 0 Å². The van der Waals surface area contributed by atoms with Crippen LogP contribution in [0.1, 0.15) is 20.4 Å². The van der Waals surface area contributed by atoms with Gasteiger partial charge in [0.1, 0.15) is 4.88 Å². The fraction of sp³-hybridized carbons (Fsp3) is 0.417. The van der Waals surface area contributed by atoms with E-state index in [0.717, 1.165) is 5.01 Å². The molecule has 0 aliphatic carbocycles. The average molecular weight is 284 g/mol. The lowest BCUT2D eigenvalue weighted by molar-refractivity contribution is -0.140. The van der Waals surface area contributed by atoms with Crippen molar-refractivity contribution in [2.24, 2.45) is 0 Å². The van der Waals surface area contributed by atoms with Crippen molar-refractivity contribution < 1.29 is 19.4 Å². The predicted molar refractivity (Wildman–Crippen MR) is 71.5 cm³/mol. The number of aromatic nitrogens is 1. The highest BCUT2D eigenvalue weighted by Crippen LogP contribution is 2.16. The normalized spacial score (nSPS) is 11.9. The molecule has 1 rings (SSSR count). The fourth-order valence-corrected chi connectivity index (χ4v) is 2.23. The van der Waals surface area contributed by atoms with E-state index in [-0.39, 0.29) is 13.2 Å². The Labute approximate surface area is 115 Å². The second kappa shape index (κ2) is 7.01. The zero-order valence-corrected chi connectivity index (χ0v) is 11.6. The number of aliphatic carboxylic acids is 1. The average Bonchev–Trinajstić information content (AvgIpc) is 2.67. The van der Waals surface area contributed by atoms with Gasteiger partial charge in [0.05, 0.1) is 23.9 Å². The van der Waals surface area contributed by atoms with Gasteiger partial charge in [0, 0.05) is 0 Å². The summed E-state index contributed by atoms with van der Waals surface area (Å²) in [5, 5.41) is 12.2. The predicted octanol–water partition coefficient (Wildman–Crippen LogP) is 1.15. The van der Waals surface area contributed by atoms with Gasteiger partial charge in [-0.25, -0.2) is 9.78 Å². The number of amides is 1. The molecule has 1 aromatic rings. The number of rotatable bonds is 7. The molecule has 2 N–H and O–H groups in total. The topological polar surface area (TPSA) is 88.5 Å². The van der Waals surface area contributed by atoms with Crippen LogP contribution >= 0.6 is 11.3 Å². The molecule has 0 fully saturated rings. The monoisotopic (exact) mass is 284 g/mol. The SMILES string of the molecule is C=CCOCC(NC(=O)c1sc(C)nc1C)C(=O)O. The summed E-state index contributed by atoms with van der Waals surface area (Å²) in [5.74, 6) is -1.59. The molecule has 0 aliphatic heterocycles. The van der Waals surface area contributed by atoms with E-state index in [2.05, 4.69) is 16.9 Å². The highest BCUT2D eigenvalue weighted by molar-refractivity contribution is 7.13. The maximum absolute atomic E-state index is 11.9. The van der Waals surface area contributed by atoms with Gasteiger partial charge >= 0.3 is 5.97 Å². The van der Waals surface area contributed by atoms with Crippen LogP contribution in [-0.2, 0) is 9.53 Å². The molecule has 0 saturated heterocycles. The zero-order chi connectivity index (χ0) is 14.4. The minimum atomic E-state index is -1.14. The molecule has 1 heterocycles. The van der Waals surface area contributed by atoms with Crippen LogP contribution in [0.25, 0.3) is 0 Å². The number of carbonyl (C=O) groups excluding carboxylic acids is 1. The summed E-state index contributed by atoms with van der Waals surface area (Å²) >= 11 is 1.23. The number of ether oxygens (including phenoxy) is 1. The molecule has 0 spiro atoms. The van der Waals surface area contributed by atoms with E-state index in [0.29, 0.717) is 10.6 Å². The minimum absolute atomic E-state index is 0.107. The molecule has 0 radical (unpaired) electrons. The van der Waals surface area contributed by atoms with Crippen LogP contribution in [0.2, 0.25) is 0 Å². The molecule has 6 nitrogen and oxygen atoms in total. The van der Waals surface area contributed by atoms with Crippen LogP contribution in [0.15, 0.2) is 12.7 Å². The molecule has 1 atom stereocenters. The van der Waals surface area contributed by atoms with Gasteiger partial charge in [-0.3, -0.25) is 4.79 Å². The van der Waals surface area contributed by atoms with E-state index in [4.69, 9.17) is 9.84 Å². The number of carbonyl (C=O) groups is 2. The Hall–Kier alpha value is -1.73. The van der Waals surface area contributed by atoms with Crippen LogP contribution < -0.4 is 5.32 Å². The summed E-state index contributed by atoms with van der Waals surface area (Å²) < 4.78 is 5.05. The molecular formula is C12H16N2O4S. The molecule has 0 aliphatic rings. The van der Waals surface area contributed by atoms with E-state index in [1.165, 1.54) is 17.4 Å². The van der Waals surface area contributed by atoms with Crippen LogP contribution in [0.3, 0.4) is 0 Å². The molecule has 0 bridgehead atoms. The molecule has 0 aromatic carbocycles.